The van der Waals surface area contributed by atoms with Gasteiger partial charge in [-0.2, -0.15) is 0 Å². The fraction of sp³-hybridized carbons (Fsp3) is 0.632. The van der Waals surface area contributed by atoms with E-state index in [-0.39, 0.29) is 92.1 Å². The van der Waals surface area contributed by atoms with Crippen molar-refractivity contribution in [2.75, 3.05) is 20.6 Å². The van der Waals surface area contributed by atoms with Crippen LogP contribution in [0.4, 0.5) is 0 Å². The zero-order valence-corrected chi connectivity index (χ0v) is 21.4. The van der Waals surface area contributed by atoms with Crippen molar-refractivity contribution in [1.82, 2.24) is 15.1 Å². The largest absolute Gasteiger partial charge is 1.00 e. The molecule has 0 saturated carbocycles. The molecule has 0 radical (unpaired) electrons. The minimum absolute atomic E-state index is 0. The van der Waals surface area contributed by atoms with Gasteiger partial charge in [-0.05, 0) is 13.3 Å². The molecule has 3 rings (SSSR count). The van der Waals surface area contributed by atoms with Gasteiger partial charge in [0.05, 0.1) is 29.7 Å². The summed E-state index contributed by atoms with van der Waals surface area (Å²) in [4.78, 5) is 39.2. The van der Waals surface area contributed by atoms with Crippen molar-refractivity contribution in [2.45, 2.75) is 43.7 Å². The van der Waals surface area contributed by atoms with Gasteiger partial charge in [-0.1, -0.05) is 13.0 Å². The SMILES string of the molecule is C[C@@H](O)[C@H]1C(=O)N2C(C(=O)[O-])=C(S[C@@H]3CN[C@H](/C=C/C(=O)N(C)C)C3)[C@H](C)[C@H]12.[K+]. The molecule has 0 unspecified atom stereocenters. The van der Waals surface area contributed by atoms with E-state index < -0.39 is 18.0 Å². The maximum atomic E-state index is 12.4. The van der Waals surface area contributed by atoms with Crippen molar-refractivity contribution in [2.24, 2.45) is 11.8 Å². The molecule has 0 aromatic heterocycles. The van der Waals surface area contributed by atoms with Crippen molar-refractivity contribution >= 4 is 29.5 Å². The molecule has 0 spiro atoms. The van der Waals surface area contributed by atoms with E-state index in [2.05, 4.69) is 5.32 Å². The number of nitrogens with one attached hydrogen (secondary N) is 1. The number of thioether (sulfide) groups is 1. The Hall–Kier alpha value is -0.204. The molecule has 0 bridgehead atoms. The van der Waals surface area contributed by atoms with E-state index in [1.165, 1.54) is 27.6 Å². The van der Waals surface area contributed by atoms with Crippen LogP contribution >= 0.6 is 11.8 Å². The summed E-state index contributed by atoms with van der Waals surface area (Å²) in [6.07, 6.45) is 3.29. The molecule has 0 aromatic carbocycles. The number of aliphatic carboxylic acids is 1. The Morgan fingerprint density at radius 1 is 1.41 bits per heavy atom. The Labute approximate surface area is 217 Å². The Kier molecular flexibility index (Phi) is 8.59. The van der Waals surface area contributed by atoms with Gasteiger partial charge in [0.1, 0.15) is 0 Å². The second-order valence-electron chi connectivity index (χ2n) is 7.84. The molecule has 154 valence electrons. The van der Waals surface area contributed by atoms with Crippen molar-refractivity contribution < 1.29 is 76.0 Å². The number of aliphatic hydroxyl groups is 1. The van der Waals surface area contributed by atoms with Crippen LogP contribution in [-0.4, -0.2) is 76.8 Å². The summed E-state index contributed by atoms with van der Waals surface area (Å²) in [5.41, 5.74) is -0.0498. The maximum Gasteiger partial charge on any atom is 1.00 e. The third kappa shape index (κ3) is 4.84. The van der Waals surface area contributed by atoms with Gasteiger partial charge >= 0.3 is 51.4 Å². The standard InChI is InChI=1S/C19H27N3O5S.K/c1-9-15-14(10(2)23)18(25)22(15)16(19(26)27)17(9)28-12-7-11(20-8-12)5-6-13(24)21(3)4;/h5-6,9-12,14-15,20,23H,7-8H2,1-4H3,(H,26,27);/q;+1/p-1/b6-5+;/t9-,10-,11-,12+,14-,15-;/m1./s1. The topological polar surface area (TPSA) is 113 Å². The molecule has 3 aliphatic heterocycles. The normalized spacial score (nSPS) is 32.1. The Morgan fingerprint density at radius 2 is 2.07 bits per heavy atom. The monoisotopic (exact) mass is 447 g/mol. The van der Waals surface area contributed by atoms with Crippen LogP contribution in [0.2, 0.25) is 0 Å². The number of rotatable bonds is 6. The molecular weight excluding hydrogens is 421 g/mol. The molecule has 3 aliphatic rings. The molecule has 10 heteroatoms. The van der Waals surface area contributed by atoms with E-state index in [0.29, 0.717) is 11.4 Å². The van der Waals surface area contributed by atoms with Crippen LogP contribution in [0, 0.1) is 11.8 Å². The minimum Gasteiger partial charge on any atom is -0.543 e. The predicted octanol–water partition coefficient (Wildman–Crippen LogP) is -4.08. The number of hydrogen-bond donors (Lipinski definition) is 2. The van der Waals surface area contributed by atoms with E-state index in [1.807, 2.05) is 13.0 Å². The number of carboxylic acid groups (broad SMARTS) is 1. The number of hydrogen-bond acceptors (Lipinski definition) is 7. The smallest absolute Gasteiger partial charge is 0.543 e. The van der Waals surface area contributed by atoms with Crippen LogP contribution in [0.25, 0.3) is 0 Å². The van der Waals surface area contributed by atoms with Crippen molar-refractivity contribution in [3.05, 3.63) is 22.8 Å². The number of carbonyl (C=O) groups excluding carboxylic acids is 3. The van der Waals surface area contributed by atoms with Gasteiger partial charge in [-0.3, -0.25) is 9.59 Å². The van der Waals surface area contributed by atoms with Crippen LogP contribution in [0.1, 0.15) is 20.3 Å². The number of nitrogens with zero attached hydrogens (tertiary/aromatic N) is 2. The summed E-state index contributed by atoms with van der Waals surface area (Å²) >= 11 is 1.46. The van der Waals surface area contributed by atoms with Gasteiger partial charge in [0.2, 0.25) is 11.8 Å². The number of aliphatic hydroxyl groups excluding tert-OH is 1. The molecule has 2 amide bonds. The zero-order chi connectivity index (χ0) is 20.7. The second-order valence-corrected chi connectivity index (χ2v) is 9.18. The molecule has 29 heavy (non-hydrogen) atoms. The summed E-state index contributed by atoms with van der Waals surface area (Å²) < 4.78 is 0. The first-order valence-electron chi connectivity index (χ1n) is 9.39. The summed E-state index contributed by atoms with van der Waals surface area (Å²) in [5, 5.41) is 25.1. The molecule has 2 saturated heterocycles. The Morgan fingerprint density at radius 3 is 2.62 bits per heavy atom. The van der Waals surface area contributed by atoms with Crippen molar-refractivity contribution in [1.29, 1.82) is 0 Å². The first-order chi connectivity index (χ1) is 13.1. The van der Waals surface area contributed by atoms with Crippen LogP contribution in [-0.2, 0) is 14.4 Å². The number of carbonyl (C=O) groups is 3. The van der Waals surface area contributed by atoms with E-state index in [9.17, 15) is 24.6 Å². The third-order valence-electron chi connectivity index (χ3n) is 5.63. The summed E-state index contributed by atoms with van der Waals surface area (Å²) in [5.74, 6) is -2.53. The van der Waals surface area contributed by atoms with Crippen LogP contribution in [0.5, 0.6) is 0 Å². The van der Waals surface area contributed by atoms with E-state index in [4.69, 9.17) is 0 Å². The average Bonchev–Trinajstić information content (AvgIpc) is 3.14. The fourth-order valence-electron chi connectivity index (χ4n) is 4.17. The number of β-lactam (4-membered cyclic amide) rings is 1. The zero-order valence-electron chi connectivity index (χ0n) is 17.4. The third-order valence-corrected chi connectivity index (χ3v) is 7.14. The average molecular weight is 448 g/mol. The molecule has 2 N–H and O–H groups in total. The number of fused-ring (bicyclic) bond motifs is 1. The Balaban J connectivity index is 0.00000300. The first kappa shape index (κ1) is 25.1. The quantitative estimate of drug-likeness (QED) is 0.242. The fourth-order valence-corrected chi connectivity index (χ4v) is 5.66. The molecule has 0 aliphatic carbocycles. The number of carboxylic acids is 1. The van der Waals surface area contributed by atoms with Crippen LogP contribution in [0.15, 0.2) is 22.8 Å². The Bertz CT molecular complexity index is 754. The van der Waals surface area contributed by atoms with Gasteiger partial charge < -0.3 is 30.1 Å². The molecule has 2 fully saturated rings. The van der Waals surface area contributed by atoms with Crippen LogP contribution < -0.4 is 61.8 Å². The van der Waals surface area contributed by atoms with Gasteiger partial charge in [-0.25, -0.2) is 0 Å². The van der Waals surface area contributed by atoms with E-state index in [0.717, 1.165) is 6.42 Å². The molecule has 6 atom stereocenters. The van der Waals surface area contributed by atoms with E-state index in [1.54, 1.807) is 21.0 Å². The van der Waals surface area contributed by atoms with Gasteiger partial charge in [0, 0.05) is 48.8 Å². The predicted molar refractivity (Wildman–Crippen MR) is 103 cm³/mol. The summed E-state index contributed by atoms with van der Waals surface area (Å²) in [7, 11) is 3.38. The second kappa shape index (κ2) is 9.95. The minimum atomic E-state index is -1.35. The maximum absolute atomic E-state index is 12.4. The van der Waals surface area contributed by atoms with E-state index >= 15 is 0 Å². The van der Waals surface area contributed by atoms with Crippen molar-refractivity contribution in [3.8, 4) is 0 Å². The molecule has 0 aromatic rings. The first-order valence-corrected chi connectivity index (χ1v) is 10.3. The number of amides is 2. The van der Waals surface area contributed by atoms with Gasteiger partial charge in [-0.15, -0.1) is 11.8 Å². The summed E-state index contributed by atoms with van der Waals surface area (Å²) in [6.45, 7) is 4.13. The summed E-state index contributed by atoms with van der Waals surface area (Å²) in [6, 6.07) is -0.292. The van der Waals surface area contributed by atoms with Crippen LogP contribution in [0.3, 0.4) is 0 Å². The van der Waals surface area contributed by atoms with Gasteiger partial charge in [0.15, 0.2) is 0 Å². The number of likely N-dealkylation sites (N-methyl/N-ethyl adjacent to an activating group) is 1. The molecule has 3 heterocycles. The van der Waals surface area contributed by atoms with Crippen molar-refractivity contribution in [3.63, 3.8) is 0 Å². The van der Waals surface area contributed by atoms with Gasteiger partial charge in [0.25, 0.3) is 0 Å². The molecule has 8 nitrogen and oxygen atoms in total. The molecular formula is C19H26KN3O5S.